The highest BCUT2D eigenvalue weighted by molar-refractivity contribution is 7.90. The van der Waals surface area contributed by atoms with Gasteiger partial charge in [0.1, 0.15) is 9.84 Å². The Balaban J connectivity index is 2.40. The van der Waals surface area contributed by atoms with E-state index >= 15 is 0 Å². The molecule has 0 aliphatic rings. The van der Waals surface area contributed by atoms with E-state index in [0.29, 0.717) is 19.1 Å². The van der Waals surface area contributed by atoms with Crippen molar-refractivity contribution in [1.82, 2.24) is 15.1 Å². The van der Waals surface area contributed by atoms with Gasteiger partial charge in [0.25, 0.3) is 0 Å². The molecule has 1 aromatic rings. The third-order valence-corrected chi connectivity index (χ3v) is 3.88. The fraction of sp³-hybridized carbons (Fsp3) is 0.750. The zero-order chi connectivity index (χ0) is 13.6. The minimum atomic E-state index is -2.88. The minimum Gasteiger partial charge on any atom is -0.310 e. The van der Waals surface area contributed by atoms with E-state index in [1.807, 2.05) is 16.9 Å². The molecule has 0 fully saturated rings. The summed E-state index contributed by atoms with van der Waals surface area (Å²) in [5.74, 6) is 0.167. The number of hydrogen-bond donors (Lipinski definition) is 1. The van der Waals surface area contributed by atoms with E-state index in [4.69, 9.17) is 0 Å². The topological polar surface area (TPSA) is 64.0 Å². The molecular weight excluding hydrogens is 250 g/mol. The average molecular weight is 273 g/mol. The maximum atomic E-state index is 11.0. The van der Waals surface area contributed by atoms with Gasteiger partial charge in [-0.3, -0.25) is 4.68 Å². The standard InChI is InChI=1S/C12H23N3O2S/c1-4-12(5-2)15-8-6-11(14-15)10-13-7-9-18(3,16)17/h6,8,12-13H,4-5,7,9-10H2,1-3H3. The van der Waals surface area contributed by atoms with Crippen LogP contribution in [-0.2, 0) is 16.4 Å². The predicted octanol–water partition coefficient (Wildman–Crippen LogP) is 1.38. The summed E-state index contributed by atoms with van der Waals surface area (Å²) in [7, 11) is -2.88. The highest BCUT2D eigenvalue weighted by Gasteiger charge is 2.07. The lowest BCUT2D eigenvalue weighted by molar-refractivity contribution is 0.424. The Kier molecular flexibility index (Phi) is 5.81. The van der Waals surface area contributed by atoms with Gasteiger partial charge in [0.15, 0.2) is 0 Å². The molecule has 0 amide bonds. The van der Waals surface area contributed by atoms with E-state index in [9.17, 15) is 8.42 Å². The van der Waals surface area contributed by atoms with Gasteiger partial charge in [-0.05, 0) is 18.9 Å². The van der Waals surface area contributed by atoms with Gasteiger partial charge in [0, 0.05) is 25.5 Å². The maximum absolute atomic E-state index is 11.0. The SMILES string of the molecule is CCC(CC)n1ccc(CNCCS(C)(=O)=O)n1. The molecule has 0 unspecified atom stereocenters. The Morgan fingerprint density at radius 1 is 1.39 bits per heavy atom. The van der Waals surface area contributed by atoms with Crippen LogP contribution in [0.15, 0.2) is 12.3 Å². The van der Waals surface area contributed by atoms with E-state index in [2.05, 4.69) is 24.3 Å². The number of nitrogens with zero attached hydrogens (tertiary/aromatic N) is 2. The Morgan fingerprint density at radius 2 is 2.06 bits per heavy atom. The van der Waals surface area contributed by atoms with Gasteiger partial charge in [-0.2, -0.15) is 5.10 Å². The van der Waals surface area contributed by atoms with Crippen molar-refractivity contribution in [3.05, 3.63) is 18.0 Å². The van der Waals surface area contributed by atoms with Gasteiger partial charge in [-0.15, -0.1) is 0 Å². The first-order chi connectivity index (χ1) is 8.46. The van der Waals surface area contributed by atoms with E-state index in [1.54, 1.807) is 0 Å². The van der Waals surface area contributed by atoms with Gasteiger partial charge >= 0.3 is 0 Å². The summed E-state index contributed by atoms with van der Waals surface area (Å²) in [5, 5.41) is 7.58. The summed E-state index contributed by atoms with van der Waals surface area (Å²) in [6.07, 6.45) is 5.37. The summed E-state index contributed by atoms with van der Waals surface area (Å²) in [5.41, 5.74) is 0.954. The molecule has 0 aliphatic carbocycles. The van der Waals surface area contributed by atoms with E-state index in [-0.39, 0.29) is 5.75 Å². The molecule has 0 atom stereocenters. The number of aromatic nitrogens is 2. The molecule has 0 saturated heterocycles. The van der Waals surface area contributed by atoms with Crippen LogP contribution in [0.25, 0.3) is 0 Å². The summed E-state index contributed by atoms with van der Waals surface area (Å²) < 4.78 is 23.9. The van der Waals surface area contributed by atoms with Gasteiger partial charge < -0.3 is 5.32 Å². The monoisotopic (exact) mass is 273 g/mol. The van der Waals surface area contributed by atoms with Crippen molar-refractivity contribution in [2.24, 2.45) is 0 Å². The third kappa shape index (κ3) is 5.18. The maximum Gasteiger partial charge on any atom is 0.148 e. The fourth-order valence-corrected chi connectivity index (χ4v) is 2.33. The lowest BCUT2D eigenvalue weighted by atomic mass is 10.2. The molecule has 1 rings (SSSR count). The largest absolute Gasteiger partial charge is 0.310 e. The second-order valence-electron chi connectivity index (χ2n) is 4.56. The molecule has 0 aliphatic heterocycles. The summed E-state index contributed by atoms with van der Waals surface area (Å²) >= 11 is 0. The van der Waals surface area contributed by atoms with E-state index in [0.717, 1.165) is 18.5 Å². The van der Waals surface area contributed by atoms with Crippen LogP contribution in [-0.4, -0.2) is 36.8 Å². The molecule has 5 nitrogen and oxygen atoms in total. The van der Waals surface area contributed by atoms with Crippen molar-refractivity contribution in [3.63, 3.8) is 0 Å². The van der Waals surface area contributed by atoms with Crippen LogP contribution in [0.3, 0.4) is 0 Å². The average Bonchev–Trinajstić information content (AvgIpc) is 2.74. The smallest absolute Gasteiger partial charge is 0.148 e. The molecule has 0 bridgehead atoms. The highest BCUT2D eigenvalue weighted by atomic mass is 32.2. The van der Waals surface area contributed by atoms with E-state index in [1.165, 1.54) is 6.26 Å². The van der Waals surface area contributed by atoms with Crippen LogP contribution in [0.5, 0.6) is 0 Å². The third-order valence-electron chi connectivity index (χ3n) is 2.94. The Morgan fingerprint density at radius 3 is 2.61 bits per heavy atom. The normalized spacial score (nSPS) is 12.2. The van der Waals surface area contributed by atoms with Gasteiger partial charge in [0.05, 0.1) is 17.5 Å². The van der Waals surface area contributed by atoms with Gasteiger partial charge in [-0.25, -0.2) is 8.42 Å². The molecule has 6 heteroatoms. The van der Waals surface area contributed by atoms with Crippen molar-refractivity contribution in [2.75, 3.05) is 18.6 Å². The molecule has 0 aromatic carbocycles. The lowest BCUT2D eigenvalue weighted by Gasteiger charge is -2.12. The summed E-state index contributed by atoms with van der Waals surface area (Å²) in [6, 6.07) is 2.43. The molecule has 0 spiro atoms. The van der Waals surface area contributed by atoms with Crippen LogP contribution < -0.4 is 5.32 Å². The molecule has 1 aromatic heterocycles. The van der Waals surface area contributed by atoms with Crippen molar-refractivity contribution in [2.45, 2.75) is 39.3 Å². The number of hydrogen-bond acceptors (Lipinski definition) is 4. The molecule has 18 heavy (non-hydrogen) atoms. The summed E-state index contributed by atoms with van der Waals surface area (Å²) in [4.78, 5) is 0. The van der Waals surface area contributed by atoms with Crippen LogP contribution >= 0.6 is 0 Å². The zero-order valence-corrected chi connectivity index (χ0v) is 12.2. The Labute approximate surface area is 109 Å². The van der Waals surface area contributed by atoms with Gasteiger partial charge in [-0.1, -0.05) is 13.8 Å². The zero-order valence-electron chi connectivity index (χ0n) is 11.4. The summed E-state index contributed by atoms with van der Waals surface area (Å²) in [6.45, 7) is 5.39. The molecule has 0 radical (unpaired) electrons. The van der Waals surface area contributed by atoms with Crippen LogP contribution in [0, 0.1) is 0 Å². The van der Waals surface area contributed by atoms with Crippen molar-refractivity contribution >= 4 is 9.84 Å². The first-order valence-corrected chi connectivity index (χ1v) is 8.44. The quantitative estimate of drug-likeness (QED) is 0.727. The fourth-order valence-electron chi connectivity index (χ4n) is 1.81. The lowest BCUT2D eigenvalue weighted by Crippen LogP contribution is -2.22. The molecule has 1 heterocycles. The molecule has 0 saturated carbocycles. The van der Waals surface area contributed by atoms with Crippen molar-refractivity contribution in [3.8, 4) is 0 Å². The number of rotatable bonds is 8. The second kappa shape index (κ2) is 6.89. The highest BCUT2D eigenvalue weighted by Crippen LogP contribution is 2.14. The number of nitrogens with one attached hydrogen (secondary N) is 1. The van der Waals surface area contributed by atoms with Crippen LogP contribution in [0.4, 0.5) is 0 Å². The number of sulfone groups is 1. The Hall–Kier alpha value is -0.880. The van der Waals surface area contributed by atoms with Crippen molar-refractivity contribution < 1.29 is 8.42 Å². The van der Waals surface area contributed by atoms with Crippen LogP contribution in [0.1, 0.15) is 38.4 Å². The minimum absolute atomic E-state index is 0.167. The van der Waals surface area contributed by atoms with Gasteiger partial charge in [0.2, 0.25) is 0 Å². The molecule has 104 valence electrons. The molecule has 1 N–H and O–H groups in total. The van der Waals surface area contributed by atoms with E-state index < -0.39 is 9.84 Å². The van der Waals surface area contributed by atoms with Crippen molar-refractivity contribution in [1.29, 1.82) is 0 Å². The Bertz CT molecular complexity index is 450. The second-order valence-corrected chi connectivity index (χ2v) is 6.82. The first kappa shape index (κ1) is 15.2. The van der Waals surface area contributed by atoms with Crippen LogP contribution in [0.2, 0.25) is 0 Å². The molecular formula is C12H23N3O2S. The predicted molar refractivity (Wildman–Crippen MR) is 73.3 cm³/mol. The first-order valence-electron chi connectivity index (χ1n) is 6.38.